The summed E-state index contributed by atoms with van der Waals surface area (Å²) in [6.45, 7) is 4.81. The van der Waals surface area contributed by atoms with E-state index in [0.717, 1.165) is 17.4 Å². The van der Waals surface area contributed by atoms with E-state index in [1.807, 2.05) is 0 Å². The Morgan fingerprint density at radius 1 is 1.19 bits per heavy atom. The second-order valence-electron chi connectivity index (χ2n) is 7.26. The molecule has 32 heavy (non-hydrogen) atoms. The van der Waals surface area contributed by atoms with E-state index in [1.54, 1.807) is 20.8 Å². The molecule has 0 N–H and O–H groups in total. The molecular formula is C18H13F3N8O2S. The predicted molar refractivity (Wildman–Crippen MR) is 109 cm³/mol. The van der Waals surface area contributed by atoms with Crippen LogP contribution in [0.15, 0.2) is 12.4 Å². The first kappa shape index (κ1) is 20.2. The van der Waals surface area contributed by atoms with Crippen molar-refractivity contribution in [3.8, 4) is 0 Å². The number of pyridine rings is 1. The van der Waals surface area contributed by atoms with Gasteiger partial charge in [-0.05, 0) is 32.4 Å². The lowest BCUT2D eigenvalue weighted by atomic mass is 10.1. The third-order valence-electron chi connectivity index (χ3n) is 5.12. The van der Waals surface area contributed by atoms with Gasteiger partial charge in [0.05, 0.1) is 10.4 Å². The molecule has 0 fully saturated rings. The van der Waals surface area contributed by atoms with Crippen LogP contribution >= 0.6 is 11.3 Å². The molecule has 0 amide bonds. The number of aromatic nitrogens is 7. The average molecular weight is 462 g/mol. The van der Waals surface area contributed by atoms with Gasteiger partial charge in [-0.1, -0.05) is 0 Å². The molecule has 14 heteroatoms. The number of aryl methyl sites for hydroxylation is 2. The molecule has 10 nitrogen and oxygen atoms in total. The van der Waals surface area contributed by atoms with E-state index in [2.05, 4.69) is 25.1 Å². The highest BCUT2D eigenvalue weighted by molar-refractivity contribution is 7.26. The zero-order chi connectivity index (χ0) is 22.9. The Hall–Kier alpha value is -3.68. The highest BCUT2D eigenvalue weighted by Gasteiger charge is 2.34. The quantitative estimate of drug-likeness (QED) is 0.294. The van der Waals surface area contributed by atoms with Crippen LogP contribution in [-0.4, -0.2) is 39.3 Å². The van der Waals surface area contributed by atoms with Crippen molar-refractivity contribution in [3.05, 3.63) is 51.0 Å². The smallest absolute Gasteiger partial charge is 0.258 e. The number of rotatable bonds is 3. The first-order valence-electron chi connectivity index (χ1n) is 9.24. The van der Waals surface area contributed by atoms with Gasteiger partial charge in [0.2, 0.25) is 0 Å². The fraction of sp³-hybridized carbons (Fsp3) is 0.278. The topological polar surface area (TPSA) is 117 Å². The van der Waals surface area contributed by atoms with Gasteiger partial charge < -0.3 is 0 Å². The van der Waals surface area contributed by atoms with Gasteiger partial charge in [0, 0.05) is 5.39 Å². The van der Waals surface area contributed by atoms with Crippen LogP contribution in [0.1, 0.15) is 28.5 Å². The summed E-state index contributed by atoms with van der Waals surface area (Å²) in [6.07, 6.45) is -3.12. The maximum absolute atomic E-state index is 13.2. The van der Waals surface area contributed by atoms with Crippen molar-refractivity contribution in [1.29, 1.82) is 0 Å². The molecule has 0 aliphatic carbocycles. The van der Waals surface area contributed by atoms with Gasteiger partial charge >= 0.3 is 11.9 Å². The lowest BCUT2D eigenvalue weighted by Crippen LogP contribution is -2.07. The molecule has 0 atom stereocenters. The van der Waals surface area contributed by atoms with Crippen LogP contribution in [0.3, 0.4) is 0 Å². The van der Waals surface area contributed by atoms with Crippen molar-refractivity contribution in [2.24, 2.45) is 0 Å². The lowest BCUT2D eigenvalue weighted by molar-refractivity contribution is -0.386. The van der Waals surface area contributed by atoms with Crippen LogP contribution in [0.2, 0.25) is 0 Å². The first-order valence-corrected chi connectivity index (χ1v) is 10.1. The molecule has 0 saturated carbocycles. The molecule has 5 aromatic rings. The van der Waals surface area contributed by atoms with Crippen LogP contribution in [0, 0.1) is 30.9 Å². The van der Waals surface area contributed by atoms with E-state index in [1.165, 1.54) is 15.5 Å². The number of nitrogens with zero attached hydrogens (tertiary/aromatic N) is 8. The Morgan fingerprint density at radius 3 is 2.59 bits per heavy atom. The predicted octanol–water partition coefficient (Wildman–Crippen LogP) is 3.98. The third-order valence-corrected chi connectivity index (χ3v) is 6.18. The second kappa shape index (κ2) is 6.66. The summed E-state index contributed by atoms with van der Waals surface area (Å²) in [5, 5.41) is 20.3. The summed E-state index contributed by atoms with van der Waals surface area (Å²) < 4.78 is 42.9. The van der Waals surface area contributed by atoms with Crippen LogP contribution < -0.4 is 0 Å². The number of hydrogen-bond donors (Lipinski definition) is 0. The second-order valence-corrected chi connectivity index (χ2v) is 8.26. The molecule has 164 valence electrons. The molecule has 0 bridgehead atoms. The number of hydrogen-bond acceptors (Lipinski definition) is 8. The van der Waals surface area contributed by atoms with Crippen LogP contribution in [0.4, 0.5) is 18.9 Å². The standard InChI is InChI=1S/C18H13F3N8O2S/c1-7-4-10(18(19,20)21)23-17-12(7)13-15(32-17)16-24-11(26-28(16)6-22-13)5-27-9(3)14(29(30)31)8(2)25-27/h4,6H,5H2,1-3H3. The van der Waals surface area contributed by atoms with E-state index >= 15 is 0 Å². The van der Waals surface area contributed by atoms with Crippen molar-refractivity contribution in [1.82, 2.24) is 34.3 Å². The van der Waals surface area contributed by atoms with Gasteiger partial charge in [-0.3, -0.25) is 14.8 Å². The van der Waals surface area contributed by atoms with Crippen LogP contribution in [0.25, 0.3) is 26.1 Å². The van der Waals surface area contributed by atoms with Crippen molar-refractivity contribution in [3.63, 3.8) is 0 Å². The zero-order valence-corrected chi connectivity index (χ0v) is 17.6. The monoisotopic (exact) mass is 462 g/mol. The van der Waals surface area contributed by atoms with Crippen molar-refractivity contribution >= 4 is 43.1 Å². The maximum Gasteiger partial charge on any atom is 0.433 e. The number of alkyl halides is 3. The zero-order valence-electron chi connectivity index (χ0n) is 16.8. The van der Waals surface area contributed by atoms with Gasteiger partial charge in [-0.25, -0.2) is 19.5 Å². The van der Waals surface area contributed by atoms with Gasteiger partial charge in [-0.15, -0.1) is 16.4 Å². The molecular weight excluding hydrogens is 449 g/mol. The molecule has 0 aliphatic rings. The third kappa shape index (κ3) is 2.97. The highest BCUT2D eigenvalue weighted by atomic mass is 32.1. The largest absolute Gasteiger partial charge is 0.433 e. The fourth-order valence-corrected chi connectivity index (χ4v) is 4.88. The first-order chi connectivity index (χ1) is 15.0. The minimum Gasteiger partial charge on any atom is -0.258 e. The Morgan fingerprint density at radius 2 is 1.94 bits per heavy atom. The minimum atomic E-state index is -4.55. The average Bonchev–Trinajstić information content (AvgIpc) is 3.34. The summed E-state index contributed by atoms with van der Waals surface area (Å²) in [7, 11) is 0. The summed E-state index contributed by atoms with van der Waals surface area (Å²) in [5.74, 6) is 0.331. The summed E-state index contributed by atoms with van der Waals surface area (Å²) >= 11 is 1.06. The van der Waals surface area contributed by atoms with Gasteiger partial charge in [0.1, 0.15) is 39.5 Å². The van der Waals surface area contributed by atoms with Gasteiger partial charge in [0.15, 0.2) is 11.5 Å². The SMILES string of the molecule is Cc1nn(Cc2nc3c4sc5nc(C(F)(F)F)cc(C)c5c4ncn3n2)c(C)c1[N+](=O)[O-]. The van der Waals surface area contributed by atoms with E-state index in [9.17, 15) is 23.3 Å². The van der Waals surface area contributed by atoms with E-state index in [0.29, 0.717) is 38.3 Å². The molecule has 0 unspecified atom stereocenters. The maximum atomic E-state index is 13.2. The lowest BCUT2D eigenvalue weighted by Gasteiger charge is -2.06. The number of thiophene rings is 1. The molecule has 0 radical (unpaired) electrons. The molecule has 5 rings (SSSR count). The molecule has 0 spiro atoms. The highest BCUT2D eigenvalue weighted by Crippen LogP contribution is 2.38. The molecule has 0 aliphatic heterocycles. The van der Waals surface area contributed by atoms with Gasteiger partial charge in [-0.2, -0.15) is 18.3 Å². The Labute approximate surface area is 180 Å². The molecule has 5 aromatic heterocycles. The fourth-order valence-electron chi connectivity index (χ4n) is 3.71. The minimum absolute atomic E-state index is 0.0654. The van der Waals surface area contributed by atoms with Crippen molar-refractivity contribution in [2.75, 3.05) is 0 Å². The van der Waals surface area contributed by atoms with E-state index in [4.69, 9.17) is 0 Å². The van der Waals surface area contributed by atoms with E-state index in [-0.39, 0.29) is 22.8 Å². The number of nitro groups is 1. The van der Waals surface area contributed by atoms with Crippen molar-refractivity contribution in [2.45, 2.75) is 33.5 Å². The number of halogens is 3. The van der Waals surface area contributed by atoms with Crippen LogP contribution in [-0.2, 0) is 12.7 Å². The molecule has 5 heterocycles. The Kier molecular flexibility index (Phi) is 4.21. The number of fused-ring (bicyclic) bond motifs is 5. The summed E-state index contributed by atoms with van der Waals surface area (Å²) in [5.41, 5.74) is 0.958. The Bertz CT molecular complexity index is 1570. The Balaban J connectivity index is 1.65. The van der Waals surface area contributed by atoms with Crippen molar-refractivity contribution < 1.29 is 18.1 Å². The summed E-state index contributed by atoms with van der Waals surface area (Å²) in [6, 6.07) is 1.01. The normalized spacial score (nSPS) is 12.4. The summed E-state index contributed by atoms with van der Waals surface area (Å²) in [4.78, 5) is 23.6. The van der Waals surface area contributed by atoms with E-state index < -0.39 is 16.8 Å². The molecule has 0 aromatic carbocycles. The van der Waals surface area contributed by atoms with Crippen LogP contribution in [0.5, 0.6) is 0 Å². The van der Waals surface area contributed by atoms with Gasteiger partial charge in [0.25, 0.3) is 0 Å². The molecule has 0 saturated heterocycles.